The van der Waals surface area contributed by atoms with Crippen LogP contribution in [-0.4, -0.2) is 34.0 Å². The zero-order chi connectivity index (χ0) is 28.4. The summed E-state index contributed by atoms with van der Waals surface area (Å²) < 4.78 is 27.2. The second-order valence-electron chi connectivity index (χ2n) is 10.6. The van der Waals surface area contributed by atoms with Crippen LogP contribution in [0.4, 0.5) is 4.39 Å². The third-order valence-corrected chi connectivity index (χ3v) is 7.55. The molecule has 7 heteroatoms. The molecule has 1 N–H and O–H groups in total. The van der Waals surface area contributed by atoms with E-state index in [2.05, 4.69) is 42.8 Å². The van der Waals surface area contributed by atoms with Crippen molar-refractivity contribution in [2.45, 2.75) is 58.5 Å². The molecule has 0 bridgehead atoms. The van der Waals surface area contributed by atoms with Gasteiger partial charge in [-0.25, -0.2) is 4.39 Å². The van der Waals surface area contributed by atoms with E-state index in [0.29, 0.717) is 30.1 Å². The quantitative estimate of drug-likeness (QED) is 0.350. The lowest BCUT2D eigenvalue weighted by atomic mass is 9.89. The number of aromatic nitrogens is 2. The van der Waals surface area contributed by atoms with Crippen molar-refractivity contribution in [3.05, 3.63) is 101 Å². The Morgan fingerprint density at radius 1 is 1.10 bits per heavy atom. The van der Waals surface area contributed by atoms with Gasteiger partial charge in [0, 0.05) is 28.7 Å². The van der Waals surface area contributed by atoms with Crippen molar-refractivity contribution >= 4 is 11.5 Å². The minimum absolute atomic E-state index is 0.0136. The molecule has 1 aliphatic carbocycles. The maximum absolute atomic E-state index is 15.3. The number of benzene rings is 2. The summed E-state index contributed by atoms with van der Waals surface area (Å²) >= 11 is 0. The molecule has 3 aromatic rings. The second-order valence-corrected chi connectivity index (χ2v) is 10.6. The standard InChI is InChI=1S/C33H33FN2O4/c1-19-14-24(29-13-8-21(3)35-36-29)15-20(2)33(19)23-6-5-7-30(22(4)28(34)12-9-23)40-26-10-11-27-25(16-32(37)38)18-39-31(27)17-26/h8-15,17,25,30H,4-7,16,18H2,1-3H3,(H,37,38)/b23-9+,28-12+/t25-,30-/m1/s1. The number of fused-ring (bicyclic) bond motifs is 1. The molecule has 1 aliphatic heterocycles. The van der Waals surface area contributed by atoms with E-state index in [1.54, 1.807) is 12.1 Å². The van der Waals surface area contributed by atoms with Crippen molar-refractivity contribution in [2.24, 2.45) is 0 Å². The van der Waals surface area contributed by atoms with E-state index in [9.17, 15) is 4.79 Å². The van der Waals surface area contributed by atoms with Gasteiger partial charge in [0.1, 0.15) is 23.4 Å². The van der Waals surface area contributed by atoms with E-state index in [4.69, 9.17) is 14.6 Å². The number of hydrogen-bond donors (Lipinski definition) is 1. The number of rotatable bonds is 6. The third kappa shape index (κ3) is 5.83. The summed E-state index contributed by atoms with van der Waals surface area (Å²) in [6.07, 6.45) is 4.94. The normalized spacial score (nSPS) is 21.6. The summed E-state index contributed by atoms with van der Waals surface area (Å²) in [5.74, 6) is -0.297. The van der Waals surface area contributed by atoms with Crippen molar-refractivity contribution in [1.82, 2.24) is 10.2 Å². The van der Waals surface area contributed by atoms with E-state index in [0.717, 1.165) is 57.6 Å². The molecule has 0 saturated carbocycles. The number of allylic oxidation sites excluding steroid dienone is 3. The molecule has 0 spiro atoms. The Kier molecular flexibility index (Phi) is 7.83. The van der Waals surface area contributed by atoms with Crippen LogP contribution in [0.25, 0.3) is 16.8 Å². The van der Waals surface area contributed by atoms with Crippen molar-refractivity contribution in [2.75, 3.05) is 6.61 Å². The van der Waals surface area contributed by atoms with Gasteiger partial charge in [0.15, 0.2) is 0 Å². The fraction of sp³-hybridized carbons (Fsp3) is 0.303. The van der Waals surface area contributed by atoms with E-state index < -0.39 is 17.9 Å². The number of carboxylic acids is 1. The molecule has 2 aromatic carbocycles. The number of halogens is 1. The van der Waals surface area contributed by atoms with Gasteiger partial charge in [-0.15, -0.1) is 0 Å². The first-order chi connectivity index (χ1) is 19.2. The zero-order valence-corrected chi connectivity index (χ0v) is 23.0. The predicted octanol–water partition coefficient (Wildman–Crippen LogP) is 7.44. The number of carboxylic acid groups (broad SMARTS) is 1. The van der Waals surface area contributed by atoms with Gasteiger partial charge in [-0.3, -0.25) is 4.79 Å². The molecule has 206 valence electrons. The summed E-state index contributed by atoms with van der Waals surface area (Å²) in [4.78, 5) is 11.1. The van der Waals surface area contributed by atoms with Crippen LogP contribution in [0.15, 0.2) is 72.6 Å². The highest BCUT2D eigenvalue weighted by atomic mass is 19.1. The van der Waals surface area contributed by atoms with E-state index in [1.807, 2.05) is 31.2 Å². The molecular weight excluding hydrogens is 507 g/mol. The Bertz CT molecular complexity index is 1500. The van der Waals surface area contributed by atoms with Crippen LogP contribution < -0.4 is 9.47 Å². The van der Waals surface area contributed by atoms with E-state index >= 15 is 4.39 Å². The fourth-order valence-corrected chi connectivity index (χ4v) is 5.55. The molecule has 2 atom stereocenters. The number of hydrogen-bond acceptors (Lipinski definition) is 5. The van der Waals surface area contributed by atoms with Crippen LogP contribution in [0, 0.1) is 20.8 Å². The SMILES string of the molecule is C=C1/C(F)=C\C=C(\c2c(C)cc(-c3ccc(C)nn3)cc2C)CCC[C@H]1Oc1ccc2c(c1)OC[C@H]2CC(=O)O. The average molecular weight is 541 g/mol. The van der Waals surface area contributed by atoms with Crippen LogP contribution in [-0.2, 0) is 4.79 Å². The summed E-state index contributed by atoms with van der Waals surface area (Å²) in [6.45, 7) is 10.4. The summed E-state index contributed by atoms with van der Waals surface area (Å²) in [5.41, 5.74) is 8.23. The number of ether oxygens (including phenoxy) is 2. The molecule has 0 saturated heterocycles. The third-order valence-electron chi connectivity index (χ3n) is 7.55. The first kappa shape index (κ1) is 27.3. The molecule has 0 fully saturated rings. The summed E-state index contributed by atoms with van der Waals surface area (Å²) in [7, 11) is 0. The Balaban J connectivity index is 1.33. The Hall–Kier alpha value is -4.26. The van der Waals surface area contributed by atoms with Gasteiger partial charge in [-0.2, -0.15) is 10.2 Å². The van der Waals surface area contributed by atoms with Gasteiger partial charge in [0.2, 0.25) is 0 Å². The van der Waals surface area contributed by atoms with E-state index in [1.165, 1.54) is 6.08 Å². The molecule has 0 radical (unpaired) electrons. The second kappa shape index (κ2) is 11.5. The molecule has 0 unspecified atom stereocenters. The number of aliphatic carboxylic acids is 1. The van der Waals surface area contributed by atoms with E-state index in [-0.39, 0.29) is 12.3 Å². The smallest absolute Gasteiger partial charge is 0.304 e. The van der Waals surface area contributed by atoms with Gasteiger partial charge >= 0.3 is 5.97 Å². The molecule has 2 aliphatic rings. The van der Waals surface area contributed by atoms with Gasteiger partial charge in [0.05, 0.1) is 24.4 Å². The van der Waals surface area contributed by atoms with Crippen molar-refractivity contribution in [3.8, 4) is 22.8 Å². The first-order valence-corrected chi connectivity index (χ1v) is 13.5. The van der Waals surface area contributed by atoms with Gasteiger partial charge < -0.3 is 14.6 Å². The molecule has 0 amide bonds. The molecule has 5 rings (SSSR count). The Labute approximate surface area is 233 Å². The van der Waals surface area contributed by atoms with Crippen LogP contribution in [0.3, 0.4) is 0 Å². The highest BCUT2D eigenvalue weighted by Crippen LogP contribution is 2.39. The molecule has 6 nitrogen and oxygen atoms in total. The summed E-state index contributed by atoms with van der Waals surface area (Å²) in [6, 6.07) is 13.5. The number of nitrogens with zero attached hydrogens (tertiary/aromatic N) is 2. The minimum Gasteiger partial charge on any atom is -0.492 e. The lowest BCUT2D eigenvalue weighted by Gasteiger charge is -2.21. The monoisotopic (exact) mass is 540 g/mol. The van der Waals surface area contributed by atoms with Crippen molar-refractivity contribution < 1.29 is 23.8 Å². The van der Waals surface area contributed by atoms with Crippen LogP contribution in [0.2, 0.25) is 0 Å². The van der Waals surface area contributed by atoms with Crippen LogP contribution in [0.5, 0.6) is 11.5 Å². The fourth-order valence-electron chi connectivity index (χ4n) is 5.55. The Morgan fingerprint density at radius 2 is 1.88 bits per heavy atom. The van der Waals surface area contributed by atoms with Crippen molar-refractivity contribution in [1.29, 1.82) is 0 Å². The van der Waals surface area contributed by atoms with Crippen molar-refractivity contribution in [3.63, 3.8) is 0 Å². The van der Waals surface area contributed by atoms with Gasteiger partial charge in [-0.1, -0.05) is 18.7 Å². The maximum Gasteiger partial charge on any atom is 0.304 e. The number of carbonyl (C=O) groups is 1. The van der Waals surface area contributed by atoms with Crippen LogP contribution >= 0.6 is 0 Å². The van der Waals surface area contributed by atoms with Crippen LogP contribution in [0.1, 0.15) is 59.5 Å². The average Bonchev–Trinajstić information content (AvgIpc) is 3.32. The predicted molar refractivity (Wildman–Crippen MR) is 153 cm³/mol. The topological polar surface area (TPSA) is 81.5 Å². The lowest BCUT2D eigenvalue weighted by molar-refractivity contribution is -0.137. The molecule has 1 aromatic heterocycles. The minimum atomic E-state index is -0.860. The maximum atomic E-state index is 15.3. The Morgan fingerprint density at radius 3 is 2.58 bits per heavy atom. The lowest BCUT2D eigenvalue weighted by Crippen LogP contribution is -2.19. The highest BCUT2D eigenvalue weighted by Gasteiger charge is 2.28. The van der Waals surface area contributed by atoms with Gasteiger partial charge in [-0.05, 0) is 98.7 Å². The molecular formula is C33H33FN2O4. The largest absolute Gasteiger partial charge is 0.492 e. The number of aryl methyl sites for hydroxylation is 3. The summed E-state index contributed by atoms with van der Waals surface area (Å²) in [5, 5.41) is 17.7. The molecule has 2 heterocycles. The van der Waals surface area contributed by atoms with Gasteiger partial charge in [0.25, 0.3) is 0 Å². The highest BCUT2D eigenvalue weighted by molar-refractivity contribution is 5.76. The first-order valence-electron chi connectivity index (χ1n) is 13.5. The zero-order valence-electron chi connectivity index (χ0n) is 23.0. The molecule has 40 heavy (non-hydrogen) atoms.